The molecule has 5 aromatic rings. The highest BCUT2D eigenvalue weighted by molar-refractivity contribution is 5.34. The molecule has 0 saturated carbocycles. The van der Waals surface area contributed by atoms with Crippen LogP contribution in [-0.4, -0.2) is 50.5 Å². The average molecular weight is 520 g/mol. The zero-order chi connectivity index (χ0) is 26.1. The number of aromatic nitrogens is 9. The molecular weight excluding hydrogens is 496 g/mol. The van der Waals surface area contributed by atoms with Crippen molar-refractivity contribution in [3.8, 4) is 5.69 Å². The molecule has 1 fully saturated rings. The first-order valence-electron chi connectivity index (χ1n) is 12.0. The minimum atomic E-state index is -1.09. The van der Waals surface area contributed by atoms with Gasteiger partial charge in [0.2, 0.25) is 0 Å². The summed E-state index contributed by atoms with van der Waals surface area (Å²) in [7, 11) is 0. The second kappa shape index (κ2) is 9.74. The molecule has 194 valence electrons. The van der Waals surface area contributed by atoms with E-state index in [9.17, 15) is 13.6 Å². The highest BCUT2D eigenvalue weighted by Gasteiger charge is 2.44. The third-order valence-electron chi connectivity index (χ3n) is 6.71. The molecular formula is C25H23F2N9O2. The molecule has 0 spiro atoms. The first-order chi connectivity index (χ1) is 18.5. The van der Waals surface area contributed by atoms with Crippen LogP contribution < -0.4 is 5.69 Å². The second-order valence-corrected chi connectivity index (χ2v) is 9.32. The van der Waals surface area contributed by atoms with Crippen molar-refractivity contribution in [2.45, 2.75) is 31.7 Å². The third kappa shape index (κ3) is 4.63. The molecule has 6 rings (SSSR count). The molecule has 11 nitrogen and oxygen atoms in total. The SMILES string of the molecule is O=c1n(-c2ccc(Cn3cncn3)cc2)cnn1C[C@@H]1CO[C@@](Cn2cncn2)(c2ccc(F)cc2F)C1. The van der Waals surface area contributed by atoms with Gasteiger partial charge in [-0.2, -0.15) is 15.3 Å². The Morgan fingerprint density at radius 1 is 0.947 bits per heavy atom. The number of hydrogen-bond acceptors (Lipinski definition) is 7. The van der Waals surface area contributed by atoms with Crippen LogP contribution in [0.1, 0.15) is 17.5 Å². The maximum atomic E-state index is 14.9. The van der Waals surface area contributed by atoms with Gasteiger partial charge in [-0.15, -0.1) is 0 Å². The van der Waals surface area contributed by atoms with E-state index in [0.29, 0.717) is 18.7 Å². The first kappa shape index (κ1) is 23.9. The number of halogens is 2. The summed E-state index contributed by atoms with van der Waals surface area (Å²) in [5, 5.41) is 12.5. The van der Waals surface area contributed by atoms with Crippen LogP contribution in [0.2, 0.25) is 0 Å². The highest BCUT2D eigenvalue weighted by atomic mass is 19.1. The van der Waals surface area contributed by atoms with Gasteiger partial charge in [-0.1, -0.05) is 18.2 Å². The summed E-state index contributed by atoms with van der Waals surface area (Å²) in [6.45, 7) is 1.30. The summed E-state index contributed by atoms with van der Waals surface area (Å²) in [6, 6.07) is 11.0. The van der Waals surface area contributed by atoms with Gasteiger partial charge < -0.3 is 4.74 Å². The number of benzene rings is 2. The molecule has 0 amide bonds. The summed E-state index contributed by atoms with van der Waals surface area (Å²) in [6.07, 6.45) is 7.88. The van der Waals surface area contributed by atoms with E-state index in [-0.39, 0.29) is 36.9 Å². The molecule has 4 heterocycles. The van der Waals surface area contributed by atoms with Crippen LogP contribution in [-0.2, 0) is 30.0 Å². The quantitative estimate of drug-likeness (QED) is 0.309. The lowest BCUT2D eigenvalue weighted by atomic mass is 9.86. The van der Waals surface area contributed by atoms with E-state index in [1.165, 1.54) is 46.7 Å². The summed E-state index contributed by atoms with van der Waals surface area (Å²) >= 11 is 0. The Labute approximate surface area is 215 Å². The van der Waals surface area contributed by atoms with Crippen LogP contribution in [0.25, 0.3) is 5.69 Å². The fraction of sp³-hybridized carbons (Fsp3) is 0.280. The van der Waals surface area contributed by atoms with Crippen molar-refractivity contribution in [1.82, 2.24) is 43.9 Å². The van der Waals surface area contributed by atoms with Gasteiger partial charge >= 0.3 is 5.69 Å². The Kier molecular flexibility index (Phi) is 6.12. The summed E-state index contributed by atoms with van der Waals surface area (Å²) in [4.78, 5) is 21.0. The van der Waals surface area contributed by atoms with Crippen molar-refractivity contribution in [3.63, 3.8) is 0 Å². The van der Waals surface area contributed by atoms with Crippen molar-refractivity contribution >= 4 is 0 Å². The predicted molar refractivity (Wildman–Crippen MR) is 129 cm³/mol. The molecule has 0 N–H and O–H groups in total. The highest BCUT2D eigenvalue weighted by Crippen LogP contribution is 2.42. The number of nitrogens with zero attached hydrogens (tertiary/aromatic N) is 9. The predicted octanol–water partition coefficient (Wildman–Crippen LogP) is 2.18. The minimum absolute atomic E-state index is 0.144. The van der Waals surface area contributed by atoms with Gasteiger partial charge in [0.25, 0.3) is 0 Å². The first-order valence-corrected chi connectivity index (χ1v) is 12.0. The summed E-state index contributed by atoms with van der Waals surface area (Å²) in [5.41, 5.74) is 0.540. The maximum Gasteiger partial charge on any atom is 0.350 e. The fourth-order valence-electron chi connectivity index (χ4n) is 4.94. The zero-order valence-corrected chi connectivity index (χ0v) is 20.1. The van der Waals surface area contributed by atoms with Gasteiger partial charge in [-0.3, -0.25) is 0 Å². The lowest BCUT2D eigenvalue weighted by Crippen LogP contribution is -2.33. The molecule has 0 aliphatic carbocycles. The average Bonchev–Trinajstić information content (AvgIpc) is 3.71. The van der Waals surface area contributed by atoms with Gasteiger partial charge in [-0.25, -0.2) is 42.2 Å². The standard InChI is InChI=1S/C25H23F2N9O2/c26-20-3-6-22(23(27)7-20)25(12-34-16-29-14-31-34)8-19(11-38-25)10-36-24(37)35(17-32-36)21-4-1-18(2-5-21)9-33-15-28-13-30-33/h1-7,13-17,19H,8-12H2/t19-,25+/m1/s1. The number of hydrogen-bond donors (Lipinski definition) is 0. The molecule has 2 atom stereocenters. The van der Waals surface area contributed by atoms with Crippen LogP contribution in [0.3, 0.4) is 0 Å². The monoisotopic (exact) mass is 519 g/mol. The summed E-state index contributed by atoms with van der Waals surface area (Å²) < 4.78 is 40.8. The smallest absolute Gasteiger partial charge is 0.350 e. The van der Waals surface area contributed by atoms with Crippen LogP contribution in [0.5, 0.6) is 0 Å². The fourth-order valence-corrected chi connectivity index (χ4v) is 4.94. The molecule has 0 unspecified atom stereocenters. The minimum Gasteiger partial charge on any atom is -0.368 e. The molecule has 3 aromatic heterocycles. The molecule has 0 bridgehead atoms. The second-order valence-electron chi connectivity index (χ2n) is 9.32. The van der Waals surface area contributed by atoms with Gasteiger partial charge in [0.15, 0.2) is 0 Å². The van der Waals surface area contributed by atoms with Crippen LogP contribution in [0.15, 0.2) is 78.9 Å². The van der Waals surface area contributed by atoms with Gasteiger partial charge in [0.1, 0.15) is 48.9 Å². The largest absolute Gasteiger partial charge is 0.368 e. The van der Waals surface area contributed by atoms with E-state index in [2.05, 4.69) is 25.3 Å². The Bertz CT molecular complexity index is 1580. The molecule has 1 saturated heterocycles. The van der Waals surface area contributed by atoms with Crippen LogP contribution in [0, 0.1) is 17.6 Å². The normalized spacial score (nSPS) is 19.3. The van der Waals surface area contributed by atoms with Crippen molar-refractivity contribution in [2.24, 2.45) is 5.92 Å². The molecule has 1 aliphatic heterocycles. The van der Waals surface area contributed by atoms with Crippen LogP contribution in [0.4, 0.5) is 8.78 Å². The third-order valence-corrected chi connectivity index (χ3v) is 6.71. The topological polar surface area (TPSA) is 110 Å². The van der Waals surface area contributed by atoms with Gasteiger partial charge in [0, 0.05) is 17.5 Å². The zero-order valence-electron chi connectivity index (χ0n) is 20.1. The Balaban J connectivity index is 1.20. The number of rotatable bonds is 8. The molecule has 2 aromatic carbocycles. The Hall–Kier alpha value is -4.52. The van der Waals surface area contributed by atoms with E-state index in [0.717, 1.165) is 11.6 Å². The lowest BCUT2D eigenvalue weighted by Gasteiger charge is -2.29. The molecule has 13 heteroatoms. The van der Waals surface area contributed by atoms with E-state index in [1.807, 2.05) is 24.3 Å². The number of ether oxygens (including phenoxy) is 1. The maximum absolute atomic E-state index is 14.9. The molecule has 1 aliphatic rings. The Morgan fingerprint density at radius 3 is 2.42 bits per heavy atom. The molecule has 38 heavy (non-hydrogen) atoms. The summed E-state index contributed by atoms with van der Waals surface area (Å²) in [5.74, 6) is -1.51. The Morgan fingerprint density at radius 2 is 1.71 bits per heavy atom. The van der Waals surface area contributed by atoms with Crippen molar-refractivity contribution in [2.75, 3.05) is 6.61 Å². The molecule has 0 radical (unpaired) electrons. The van der Waals surface area contributed by atoms with Crippen molar-refractivity contribution in [3.05, 3.63) is 107 Å². The van der Waals surface area contributed by atoms with Crippen molar-refractivity contribution < 1.29 is 13.5 Å². The van der Waals surface area contributed by atoms with E-state index in [1.54, 1.807) is 15.7 Å². The van der Waals surface area contributed by atoms with Gasteiger partial charge in [-0.05, 0) is 30.2 Å². The van der Waals surface area contributed by atoms with E-state index < -0.39 is 17.2 Å². The van der Waals surface area contributed by atoms with E-state index in [4.69, 9.17) is 4.74 Å². The lowest BCUT2D eigenvalue weighted by molar-refractivity contribution is -0.0205. The van der Waals surface area contributed by atoms with Gasteiger partial charge in [0.05, 0.1) is 31.9 Å². The van der Waals surface area contributed by atoms with Crippen LogP contribution >= 0.6 is 0 Å². The van der Waals surface area contributed by atoms with Crippen molar-refractivity contribution in [1.29, 1.82) is 0 Å². The van der Waals surface area contributed by atoms with E-state index >= 15 is 0 Å².